The molecule has 1 aliphatic rings. The van der Waals surface area contributed by atoms with E-state index in [4.69, 9.17) is 0 Å². The fraction of sp³-hybridized carbons (Fsp3) is 0.500. The summed E-state index contributed by atoms with van der Waals surface area (Å²) in [6, 6.07) is 3.38. The number of nitrogens with one attached hydrogen (secondary N) is 1. The Labute approximate surface area is 158 Å². The molecule has 1 aromatic carbocycles. The second-order valence-corrected chi connectivity index (χ2v) is 7.32. The van der Waals surface area contributed by atoms with Crippen LogP contribution in [0, 0.1) is 5.92 Å². The molecule has 0 saturated carbocycles. The maximum absolute atomic E-state index is 12.5. The van der Waals surface area contributed by atoms with Gasteiger partial charge in [-0.05, 0) is 36.5 Å². The van der Waals surface area contributed by atoms with Gasteiger partial charge in [0.25, 0.3) is 5.13 Å². The predicted molar refractivity (Wildman–Crippen MR) is 96.7 cm³/mol. The maximum Gasteiger partial charge on any atom is 0.543 e. The van der Waals surface area contributed by atoms with Crippen LogP contribution in [0.3, 0.4) is 0 Å². The number of azo groups is 1. The lowest BCUT2D eigenvalue weighted by atomic mass is 9.99. The van der Waals surface area contributed by atoms with Crippen LogP contribution in [-0.2, 0) is 11.3 Å². The Morgan fingerprint density at radius 1 is 1.33 bits per heavy atom. The third-order valence-electron chi connectivity index (χ3n) is 3.87. The lowest BCUT2D eigenvalue weighted by molar-refractivity contribution is -0.311. The van der Waals surface area contributed by atoms with Crippen LogP contribution in [0.1, 0.15) is 25.8 Å². The van der Waals surface area contributed by atoms with Crippen LogP contribution in [0.5, 0.6) is 0 Å². The van der Waals surface area contributed by atoms with Crippen LogP contribution < -0.4 is 10.4 Å². The van der Waals surface area contributed by atoms with Crippen LogP contribution >= 0.6 is 11.3 Å². The van der Waals surface area contributed by atoms with E-state index >= 15 is 0 Å². The van der Waals surface area contributed by atoms with Crippen molar-refractivity contribution >= 4 is 33.5 Å². The second-order valence-electron chi connectivity index (χ2n) is 6.51. The summed E-state index contributed by atoms with van der Waals surface area (Å²) in [5.74, 6) is 0.426. The molecule has 1 aromatic heterocycles. The summed E-state index contributed by atoms with van der Waals surface area (Å²) in [5, 5.41) is 15.7. The van der Waals surface area contributed by atoms with Crippen molar-refractivity contribution in [3.63, 3.8) is 0 Å². The molecule has 146 valence electrons. The van der Waals surface area contributed by atoms with Gasteiger partial charge in [0.15, 0.2) is 0 Å². The highest BCUT2D eigenvalue weighted by Gasteiger charge is 2.31. The lowest BCUT2D eigenvalue weighted by Gasteiger charge is -2.33. The molecule has 2 aromatic rings. The first-order valence-corrected chi connectivity index (χ1v) is 9.30. The SMILES string of the molecule is CC(C)CN1CCCc2cc(N=Nc3nncs3)c(NOC(F)(F)F)cc21. The van der Waals surface area contributed by atoms with E-state index in [1.165, 1.54) is 16.8 Å². The van der Waals surface area contributed by atoms with E-state index in [0.717, 1.165) is 37.2 Å². The number of aromatic nitrogens is 2. The highest BCUT2D eigenvalue weighted by Crippen LogP contribution is 2.38. The van der Waals surface area contributed by atoms with Gasteiger partial charge in [0, 0.05) is 18.8 Å². The Hall–Kier alpha value is -2.27. The van der Waals surface area contributed by atoms with Crippen molar-refractivity contribution in [1.82, 2.24) is 10.2 Å². The molecular weight excluding hydrogens is 381 g/mol. The van der Waals surface area contributed by atoms with Crippen molar-refractivity contribution in [2.24, 2.45) is 16.1 Å². The third-order valence-corrected chi connectivity index (χ3v) is 4.44. The van der Waals surface area contributed by atoms with Gasteiger partial charge < -0.3 is 4.90 Å². The number of aryl methyl sites for hydroxylation is 1. The van der Waals surface area contributed by atoms with E-state index in [2.05, 4.69) is 44.0 Å². The average molecular weight is 400 g/mol. The molecule has 0 saturated heterocycles. The van der Waals surface area contributed by atoms with E-state index < -0.39 is 6.36 Å². The molecule has 0 spiro atoms. The van der Waals surface area contributed by atoms with E-state index in [1.807, 2.05) is 5.48 Å². The smallest absolute Gasteiger partial charge is 0.371 e. The van der Waals surface area contributed by atoms with Gasteiger partial charge in [-0.25, -0.2) is 0 Å². The molecule has 1 N–H and O–H groups in total. The van der Waals surface area contributed by atoms with E-state index in [9.17, 15) is 13.2 Å². The zero-order valence-corrected chi connectivity index (χ0v) is 15.6. The highest BCUT2D eigenvalue weighted by molar-refractivity contribution is 7.13. The minimum absolute atomic E-state index is 0.0926. The number of halogens is 3. The molecule has 0 aliphatic carbocycles. The van der Waals surface area contributed by atoms with Crippen molar-refractivity contribution in [3.05, 3.63) is 23.2 Å². The van der Waals surface area contributed by atoms with Crippen LogP contribution in [0.25, 0.3) is 0 Å². The summed E-state index contributed by atoms with van der Waals surface area (Å²) < 4.78 is 37.5. The number of fused-ring (bicyclic) bond motifs is 1. The summed E-state index contributed by atoms with van der Waals surface area (Å²) in [6.07, 6.45) is -3.02. The second kappa shape index (κ2) is 8.17. The minimum atomic E-state index is -4.82. The Balaban J connectivity index is 1.95. The van der Waals surface area contributed by atoms with E-state index in [-0.39, 0.29) is 11.4 Å². The summed E-state index contributed by atoms with van der Waals surface area (Å²) in [4.78, 5) is 5.98. The molecular formula is C16H19F3N6OS. The topological polar surface area (TPSA) is 75.0 Å². The quantitative estimate of drug-likeness (QED) is 0.531. The number of hydrogen-bond donors (Lipinski definition) is 1. The number of benzene rings is 1. The largest absolute Gasteiger partial charge is 0.543 e. The molecule has 3 rings (SSSR count). The van der Waals surface area contributed by atoms with Gasteiger partial charge in [-0.3, -0.25) is 5.48 Å². The average Bonchev–Trinajstić information content (AvgIpc) is 3.10. The van der Waals surface area contributed by atoms with Gasteiger partial charge in [-0.15, -0.1) is 33.6 Å². The van der Waals surface area contributed by atoms with Crippen LogP contribution in [0.15, 0.2) is 27.9 Å². The molecule has 2 heterocycles. The van der Waals surface area contributed by atoms with Crippen molar-refractivity contribution in [3.8, 4) is 0 Å². The molecule has 27 heavy (non-hydrogen) atoms. The summed E-state index contributed by atoms with van der Waals surface area (Å²) in [5.41, 5.74) is 5.71. The first-order valence-electron chi connectivity index (χ1n) is 8.42. The summed E-state index contributed by atoms with van der Waals surface area (Å²) in [7, 11) is 0. The van der Waals surface area contributed by atoms with Crippen molar-refractivity contribution in [1.29, 1.82) is 0 Å². The van der Waals surface area contributed by atoms with Crippen molar-refractivity contribution in [2.75, 3.05) is 23.5 Å². The van der Waals surface area contributed by atoms with Gasteiger partial charge in [-0.1, -0.05) is 25.2 Å². The Kier molecular flexibility index (Phi) is 5.90. The van der Waals surface area contributed by atoms with Gasteiger partial charge in [0.1, 0.15) is 11.2 Å². The van der Waals surface area contributed by atoms with E-state index in [0.29, 0.717) is 11.0 Å². The molecule has 0 unspecified atom stereocenters. The standard InChI is InChI=1S/C16H19F3N6OS/c1-10(2)8-25-5-3-4-11-6-12(21-23-15-22-20-9-27-15)13(7-14(11)25)24-26-16(17,18)19/h6-7,9-10,24H,3-5,8H2,1-2H3. The third kappa shape index (κ3) is 5.36. The highest BCUT2D eigenvalue weighted by atomic mass is 32.1. The zero-order chi connectivity index (χ0) is 19.4. The molecule has 1 aliphatic heterocycles. The first kappa shape index (κ1) is 19.5. The van der Waals surface area contributed by atoms with Gasteiger partial charge >= 0.3 is 6.36 Å². The number of alkyl halides is 3. The van der Waals surface area contributed by atoms with Gasteiger partial charge in [0.05, 0.1) is 5.69 Å². The van der Waals surface area contributed by atoms with E-state index in [1.54, 1.807) is 12.1 Å². The summed E-state index contributed by atoms with van der Waals surface area (Å²) in [6.45, 7) is 5.88. The van der Waals surface area contributed by atoms with Crippen molar-refractivity contribution in [2.45, 2.75) is 33.1 Å². The van der Waals surface area contributed by atoms with Gasteiger partial charge in [0.2, 0.25) is 0 Å². The fourth-order valence-electron chi connectivity index (χ4n) is 2.91. The Bertz CT molecular complexity index is 794. The molecule has 0 atom stereocenters. The predicted octanol–water partition coefficient (Wildman–Crippen LogP) is 5.23. The van der Waals surface area contributed by atoms with Crippen LogP contribution in [0.4, 0.5) is 35.4 Å². The Morgan fingerprint density at radius 2 is 2.15 bits per heavy atom. The monoisotopic (exact) mass is 400 g/mol. The van der Waals surface area contributed by atoms with Crippen LogP contribution in [0.2, 0.25) is 0 Å². The number of rotatable bonds is 6. The number of nitrogens with zero attached hydrogens (tertiary/aromatic N) is 5. The Morgan fingerprint density at radius 3 is 2.81 bits per heavy atom. The van der Waals surface area contributed by atoms with Gasteiger partial charge in [-0.2, -0.15) is 4.84 Å². The maximum atomic E-state index is 12.5. The molecule has 11 heteroatoms. The minimum Gasteiger partial charge on any atom is -0.371 e. The van der Waals surface area contributed by atoms with Crippen LogP contribution in [-0.4, -0.2) is 29.6 Å². The molecule has 0 fully saturated rings. The molecule has 0 bridgehead atoms. The fourth-order valence-corrected chi connectivity index (χ4v) is 3.28. The molecule has 7 nitrogen and oxygen atoms in total. The molecule has 0 radical (unpaired) electrons. The number of hydrogen-bond acceptors (Lipinski definition) is 8. The van der Waals surface area contributed by atoms with Crippen molar-refractivity contribution < 1.29 is 18.0 Å². The normalized spacial score (nSPS) is 14.8. The molecule has 0 amide bonds. The number of anilines is 2. The first-order chi connectivity index (χ1) is 12.8. The lowest BCUT2D eigenvalue weighted by Crippen LogP contribution is -2.32. The summed E-state index contributed by atoms with van der Waals surface area (Å²) >= 11 is 1.18. The zero-order valence-electron chi connectivity index (χ0n) is 14.8.